The average molecular weight is 544 g/mol. The molecule has 3 nitrogen and oxygen atoms in total. The Balaban J connectivity index is 1.71. The lowest BCUT2D eigenvalue weighted by Crippen LogP contribution is -2.07. The van der Waals surface area contributed by atoms with E-state index >= 15 is 0 Å². The summed E-state index contributed by atoms with van der Waals surface area (Å²) in [4.78, 5) is 4.45. The molecular weight excluding hydrogens is 519 g/mol. The van der Waals surface area contributed by atoms with Crippen molar-refractivity contribution in [2.75, 3.05) is 5.75 Å². The summed E-state index contributed by atoms with van der Waals surface area (Å²) in [6, 6.07) is 27.8. The topological polar surface area (TPSA) is 47.0 Å². The van der Waals surface area contributed by atoms with E-state index in [1.54, 1.807) is 24.3 Å². The molecule has 0 fully saturated rings. The van der Waals surface area contributed by atoms with Crippen LogP contribution < -0.4 is 0 Å². The highest BCUT2D eigenvalue weighted by molar-refractivity contribution is 7.91. The molecule has 0 aliphatic rings. The zero-order chi connectivity index (χ0) is 27.6. The molecule has 5 aromatic rings. The first kappa shape index (κ1) is 26.4. The fourth-order valence-electron chi connectivity index (χ4n) is 4.76. The van der Waals surface area contributed by atoms with Crippen LogP contribution in [0.2, 0.25) is 0 Å². The lowest BCUT2D eigenvalue weighted by atomic mass is 9.90. The standard InChI is InChI=1S/C32H24F3NO2S/c1-2-17-39(37,38)27-14-7-12-24(20-27)23-11-6-13-25(19-23)30-26(18-22-9-4-3-5-10-22)21-36-31-28(30)15-8-16-29(31)32(33,34)35/h2-16,19-21H,1,17-18H2. The van der Waals surface area contributed by atoms with Crippen LogP contribution in [0.1, 0.15) is 16.7 Å². The van der Waals surface area contributed by atoms with Crippen molar-refractivity contribution in [3.05, 3.63) is 133 Å². The number of nitrogens with zero attached hydrogens (tertiary/aromatic N) is 1. The summed E-state index contributed by atoms with van der Waals surface area (Å²) in [6.07, 6.45) is -1.20. The van der Waals surface area contributed by atoms with Gasteiger partial charge in [-0.05, 0) is 64.1 Å². The lowest BCUT2D eigenvalue weighted by Gasteiger charge is -2.17. The smallest absolute Gasteiger partial charge is 0.255 e. The second kappa shape index (κ2) is 10.5. The highest BCUT2D eigenvalue weighted by Gasteiger charge is 2.33. The van der Waals surface area contributed by atoms with E-state index in [-0.39, 0.29) is 16.2 Å². The Labute approximate surface area is 225 Å². The molecule has 7 heteroatoms. The second-order valence-corrected chi connectivity index (χ2v) is 11.2. The number of aromatic nitrogens is 1. The Morgan fingerprint density at radius 3 is 2.18 bits per heavy atom. The highest BCUT2D eigenvalue weighted by atomic mass is 32.2. The molecule has 0 radical (unpaired) electrons. The van der Waals surface area contributed by atoms with E-state index < -0.39 is 21.6 Å². The Morgan fingerprint density at radius 2 is 1.46 bits per heavy atom. The van der Waals surface area contributed by atoms with Crippen molar-refractivity contribution in [1.29, 1.82) is 0 Å². The van der Waals surface area contributed by atoms with Gasteiger partial charge in [0.2, 0.25) is 0 Å². The maximum absolute atomic E-state index is 13.9. The number of sulfone groups is 1. The van der Waals surface area contributed by atoms with Gasteiger partial charge < -0.3 is 0 Å². The fourth-order valence-corrected chi connectivity index (χ4v) is 5.85. The van der Waals surface area contributed by atoms with Crippen LogP contribution in [0, 0.1) is 0 Å². The van der Waals surface area contributed by atoms with Gasteiger partial charge in [0, 0.05) is 11.6 Å². The van der Waals surface area contributed by atoms with Crippen LogP contribution >= 0.6 is 0 Å². The van der Waals surface area contributed by atoms with E-state index in [9.17, 15) is 21.6 Å². The van der Waals surface area contributed by atoms with Gasteiger partial charge in [0.1, 0.15) is 0 Å². The minimum atomic E-state index is -4.55. The van der Waals surface area contributed by atoms with Gasteiger partial charge in [0.25, 0.3) is 0 Å². The van der Waals surface area contributed by atoms with Gasteiger partial charge in [-0.25, -0.2) is 8.42 Å². The number of para-hydroxylation sites is 1. The summed E-state index contributed by atoms with van der Waals surface area (Å²) in [7, 11) is -3.52. The van der Waals surface area contributed by atoms with Gasteiger partial charge in [0.05, 0.1) is 21.7 Å². The Bertz CT molecular complexity index is 1780. The number of pyridine rings is 1. The van der Waals surface area contributed by atoms with E-state index in [1.807, 2.05) is 60.7 Å². The van der Waals surface area contributed by atoms with Crippen LogP contribution in [0.15, 0.2) is 121 Å². The summed E-state index contributed by atoms with van der Waals surface area (Å²) in [5.41, 5.74) is 3.68. The number of rotatable bonds is 7. The summed E-state index contributed by atoms with van der Waals surface area (Å²) in [6.45, 7) is 3.53. The van der Waals surface area contributed by atoms with E-state index in [0.29, 0.717) is 28.5 Å². The molecule has 0 spiro atoms. The molecule has 1 heterocycles. The largest absolute Gasteiger partial charge is 0.418 e. The Morgan fingerprint density at radius 1 is 0.795 bits per heavy atom. The zero-order valence-corrected chi connectivity index (χ0v) is 21.6. The van der Waals surface area contributed by atoms with Crippen molar-refractivity contribution < 1.29 is 21.6 Å². The number of benzene rings is 4. The monoisotopic (exact) mass is 543 g/mol. The summed E-state index contributed by atoms with van der Waals surface area (Å²) >= 11 is 0. The Hall–Kier alpha value is -4.23. The second-order valence-electron chi connectivity index (χ2n) is 9.20. The average Bonchev–Trinajstić information content (AvgIpc) is 2.93. The SMILES string of the molecule is C=CCS(=O)(=O)c1cccc(-c2cccc(-c3c(Cc4ccccc4)cnc4c(C(F)(F)F)cccc34)c2)c1. The molecule has 4 aromatic carbocycles. The number of halogens is 3. The third-order valence-electron chi connectivity index (χ3n) is 6.53. The lowest BCUT2D eigenvalue weighted by molar-refractivity contribution is -0.136. The van der Waals surface area contributed by atoms with Crippen molar-refractivity contribution in [1.82, 2.24) is 4.98 Å². The molecule has 0 aliphatic carbocycles. The number of fused-ring (bicyclic) bond motifs is 1. The predicted molar refractivity (Wildman–Crippen MR) is 149 cm³/mol. The molecule has 5 rings (SSSR count). The van der Waals surface area contributed by atoms with Crippen LogP contribution in [0.4, 0.5) is 13.2 Å². The van der Waals surface area contributed by atoms with Gasteiger partial charge in [-0.1, -0.05) is 78.9 Å². The molecule has 0 aliphatic heterocycles. The molecule has 0 atom stereocenters. The van der Waals surface area contributed by atoms with Crippen LogP contribution in [0.3, 0.4) is 0 Å². The molecule has 1 aromatic heterocycles. The molecule has 39 heavy (non-hydrogen) atoms. The predicted octanol–water partition coefficient (Wildman–Crippen LogP) is 8.14. The molecular formula is C32H24F3NO2S. The summed E-state index contributed by atoms with van der Waals surface area (Å²) in [5, 5.41) is 0.401. The van der Waals surface area contributed by atoms with E-state index in [1.165, 1.54) is 18.3 Å². The molecule has 0 bridgehead atoms. The number of hydrogen-bond acceptors (Lipinski definition) is 3. The quantitative estimate of drug-likeness (QED) is 0.195. The molecule has 0 amide bonds. The van der Waals surface area contributed by atoms with Gasteiger partial charge >= 0.3 is 6.18 Å². The van der Waals surface area contributed by atoms with Gasteiger partial charge in [-0.3, -0.25) is 4.98 Å². The minimum absolute atomic E-state index is 0.111. The van der Waals surface area contributed by atoms with Crippen LogP contribution in [0.25, 0.3) is 33.2 Å². The van der Waals surface area contributed by atoms with Gasteiger partial charge in [-0.15, -0.1) is 6.58 Å². The highest BCUT2D eigenvalue weighted by Crippen LogP contribution is 2.40. The third kappa shape index (κ3) is 5.49. The molecule has 0 N–H and O–H groups in total. The number of hydrogen-bond donors (Lipinski definition) is 0. The normalized spacial score (nSPS) is 12.0. The van der Waals surface area contributed by atoms with Crippen molar-refractivity contribution in [3.63, 3.8) is 0 Å². The summed E-state index contributed by atoms with van der Waals surface area (Å²) in [5.74, 6) is -0.177. The van der Waals surface area contributed by atoms with E-state index in [0.717, 1.165) is 22.8 Å². The first-order valence-corrected chi connectivity index (χ1v) is 13.9. The molecule has 0 unspecified atom stereocenters. The zero-order valence-electron chi connectivity index (χ0n) is 20.8. The van der Waals surface area contributed by atoms with Gasteiger partial charge in [0.15, 0.2) is 9.84 Å². The summed E-state index contributed by atoms with van der Waals surface area (Å²) < 4.78 is 66.9. The Kier molecular flexibility index (Phi) is 7.10. The first-order valence-electron chi connectivity index (χ1n) is 12.2. The van der Waals surface area contributed by atoms with Crippen LogP contribution in [-0.2, 0) is 22.4 Å². The minimum Gasteiger partial charge on any atom is -0.255 e. The molecule has 0 saturated carbocycles. The van der Waals surface area contributed by atoms with Crippen molar-refractivity contribution in [2.24, 2.45) is 0 Å². The van der Waals surface area contributed by atoms with Crippen LogP contribution in [-0.4, -0.2) is 19.2 Å². The van der Waals surface area contributed by atoms with E-state index in [2.05, 4.69) is 11.6 Å². The third-order valence-corrected chi connectivity index (χ3v) is 8.18. The van der Waals surface area contributed by atoms with Crippen molar-refractivity contribution in [2.45, 2.75) is 17.5 Å². The van der Waals surface area contributed by atoms with Crippen molar-refractivity contribution >= 4 is 20.7 Å². The maximum Gasteiger partial charge on any atom is 0.418 e. The number of alkyl halides is 3. The molecule has 196 valence electrons. The van der Waals surface area contributed by atoms with Crippen molar-refractivity contribution in [3.8, 4) is 22.3 Å². The van der Waals surface area contributed by atoms with Gasteiger partial charge in [-0.2, -0.15) is 13.2 Å². The van der Waals surface area contributed by atoms with E-state index in [4.69, 9.17) is 0 Å². The molecule has 0 saturated heterocycles. The maximum atomic E-state index is 13.9. The fraction of sp³-hybridized carbons (Fsp3) is 0.0938. The first-order chi connectivity index (χ1) is 18.7. The van der Waals surface area contributed by atoms with Crippen LogP contribution in [0.5, 0.6) is 0 Å².